The van der Waals surface area contributed by atoms with Gasteiger partial charge in [0.1, 0.15) is 6.04 Å². The van der Waals surface area contributed by atoms with E-state index in [1.54, 1.807) is 4.90 Å². The molecule has 6 nitrogen and oxygen atoms in total. The van der Waals surface area contributed by atoms with Crippen molar-refractivity contribution in [2.45, 2.75) is 44.2 Å². The molecule has 0 radical (unpaired) electrons. The minimum absolute atomic E-state index is 0.0196. The maximum atomic E-state index is 13.0. The maximum Gasteiger partial charge on any atom is 0.326 e. The number of rotatable bonds is 3. The Kier molecular flexibility index (Phi) is 4.41. The van der Waals surface area contributed by atoms with Crippen LogP contribution in [0.1, 0.15) is 42.5 Å². The van der Waals surface area contributed by atoms with Crippen LogP contribution in [0.5, 0.6) is 0 Å². The molecule has 1 aromatic carbocycles. The van der Waals surface area contributed by atoms with Crippen LogP contribution in [0.15, 0.2) is 42.7 Å². The van der Waals surface area contributed by atoms with E-state index in [4.69, 9.17) is 0 Å². The quantitative estimate of drug-likeness (QED) is 0.919. The van der Waals surface area contributed by atoms with Gasteiger partial charge < -0.3 is 10.0 Å². The second-order valence-corrected chi connectivity index (χ2v) is 7.08. The topological polar surface area (TPSA) is 83.4 Å². The van der Waals surface area contributed by atoms with Crippen molar-refractivity contribution in [1.29, 1.82) is 0 Å². The molecule has 2 fully saturated rings. The molecule has 1 aromatic heterocycles. The standard InChI is InChI=1S/C20H21N3O3/c24-19(15-11-21-18(22-12-15)13-6-2-1-3-7-13)23-16-9-5-4-8-14(16)10-17(23)20(25)26/h1-3,6-7,11-12,14,16-17H,4-5,8-10H2,(H,25,26)/t14-,16-,17+/m1/s1. The third-order valence-electron chi connectivity index (χ3n) is 5.54. The van der Waals surface area contributed by atoms with Crippen molar-refractivity contribution in [3.05, 3.63) is 48.3 Å². The third kappa shape index (κ3) is 2.96. The number of hydrogen-bond donors (Lipinski definition) is 1. The fourth-order valence-corrected chi connectivity index (χ4v) is 4.30. The molecule has 0 unspecified atom stereocenters. The van der Waals surface area contributed by atoms with Crippen molar-refractivity contribution < 1.29 is 14.7 Å². The van der Waals surface area contributed by atoms with E-state index >= 15 is 0 Å². The average Bonchev–Trinajstić information content (AvgIpc) is 3.08. The largest absolute Gasteiger partial charge is 0.480 e. The first-order chi connectivity index (χ1) is 12.6. The van der Waals surface area contributed by atoms with Gasteiger partial charge in [0.25, 0.3) is 5.91 Å². The minimum atomic E-state index is -0.922. The predicted molar refractivity (Wildman–Crippen MR) is 95.4 cm³/mol. The van der Waals surface area contributed by atoms with Crippen LogP contribution in [0.4, 0.5) is 0 Å². The second-order valence-electron chi connectivity index (χ2n) is 7.08. The van der Waals surface area contributed by atoms with Crippen molar-refractivity contribution in [2.75, 3.05) is 0 Å². The molecule has 2 aromatic rings. The van der Waals surface area contributed by atoms with Crippen molar-refractivity contribution >= 4 is 11.9 Å². The number of hydrogen-bond acceptors (Lipinski definition) is 4. The highest BCUT2D eigenvalue weighted by Crippen LogP contribution is 2.40. The highest BCUT2D eigenvalue weighted by Gasteiger charge is 2.47. The van der Waals surface area contributed by atoms with Gasteiger partial charge >= 0.3 is 5.97 Å². The summed E-state index contributed by atoms with van der Waals surface area (Å²) in [6.45, 7) is 0. The van der Waals surface area contributed by atoms with E-state index in [0.29, 0.717) is 23.7 Å². The van der Waals surface area contributed by atoms with Gasteiger partial charge in [-0.05, 0) is 25.2 Å². The molecule has 6 heteroatoms. The summed E-state index contributed by atoms with van der Waals surface area (Å²) in [6.07, 6.45) is 7.60. The number of aromatic nitrogens is 2. The van der Waals surface area contributed by atoms with Crippen molar-refractivity contribution in [2.24, 2.45) is 5.92 Å². The Balaban J connectivity index is 1.60. The number of aliphatic carboxylic acids is 1. The molecule has 1 amide bonds. The summed E-state index contributed by atoms with van der Waals surface area (Å²) < 4.78 is 0. The zero-order valence-corrected chi connectivity index (χ0v) is 14.4. The number of likely N-dealkylation sites (tertiary alicyclic amines) is 1. The van der Waals surface area contributed by atoms with E-state index in [1.165, 1.54) is 12.4 Å². The van der Waals surface area contributed by atoms with E-state index in [1.807, 2.05) is 30.3 Å². The molecular formula is C20H21N3O3. The summed E-state index contributed by atoms with van der Waals surface area (Å²) in [5, 5.41) is 9.59. The fraction of sp³-hybridized carbons (Fsp3) is 0.400. The molecule has 0 bridgehead atoms. The third-order valence-corrected chi connectivity index (χ3v) is 5.54. The lowest BCUT2D eigenvalue weighted by Crippen LogP contribution is -2.46. The SMILES string of the molecule is O=C(O)[C@@H]1C[C@H]2CCCC[C@H]2N1C(=O)c1cnc(-c2ccccc2)nc1. The lowest BCUT2D eigenvalue weighted by molar-refractivity contribution is -0.141. The van der Waals surface area contributed by atoms with Gasteiger partial charge in [-0.3, -0.25) is 4.79 Å². The van der Waals surface area contributed by atoms with Gasteiger partial charge in [-0.1, -0.05) is 43.2 Å². The van der Waals surface area contributed by atoms with Crippen molar-refractivity contribution in [1.82, 2.24) is 14.9 Å². The molecule has 1 N–H and O–H groups in total. The zero-order chi connectivity index (χ0) is 18.1. The van der Waals surface area contributed by atoms with E-state index < -0.39 is 12.0 Å². The van der Waals surface area contributed by atoms with Gasteiger partial charge in [0, 0.05) is 24.0 Å². The lowest BCUT2D eigenvalue weighted by atomic mass is 9.84. The number of benzene rings is 1. The first-order valence-electron chi connectivity index (χ1n) is 9.08. The summed E-state index contributed by atoms with van der Waals surface area (Å²) in [7, 11) is 0. The Morgan fingerprint density at radius 3 is 2.42 bits per heavy atom. The fourth-order valence-electron chi connectivity index (χ4n) is 4.30. The Labute approximate surface area is 151 Å². The van der Waals surface area contributed by atoms with Gasteiger partial charge in [-0.25, -0.2) is 14.8 Å². The summed E-state index contributed by atoms with van der Waals surface area (Å²) in [5.41, 5.74) is 1.23. The number of carbonyl (C=O) groups excluding carboxylic acids is 1. The van der Waals surface area contributed by atoms with Crippen LogP contribution < -0.4 is 0 Å². The van der Waals surface area contributed by atoms with E-state index in [-0.39, 0.29) is 11.9 Å². The predicted octanol–water partition coefficient (Wildman–Crippen LogP) is 3.00. The monoisotopic (exact) mass is 351 g/mol. The Bertz CT molecular complexity index is 807. The van der Waals surface area contributed by atoms with Crippen LogP contribution in [0.3, 0.4) is 0 Å². The van der Waals surface area contributed by atoms with E-state index in [0.717, 1.165) is 31.2 Å². The van der Waals surface area contributed by atoms with Crippen molar-refractivity contribution in [3.8, 4) is 11.4 Å². The van der Waals surface area contributed by atoms with E-state index in [9.17, 15) is 14.7 Å². The Hall–Kier alpha value is -2.76. The molecule has 26 heavy (non-hydrogen) atoms. The lowest BCUT2D eigenvalue weighted by Gasteiger charge is -2.32. The molecule has 2 aliphatic rings. The molecule has 1 saturated heterocycles. The van der Waals surface area contributed by atoms with Gasteiger partial charge in [-0.15, -0.1) is 0 Å². The number of nitrogens with zero attached hydrogens (tertiary/aromatic N) is 3. The van der Waals surface area contributed by atoms with E-state index in [2.05, 4.69) is 9.97 Å². The Morgan fingerprint density at radius 1 is 1.04 bits per heavy atom. The number of fused-ring (bicyclic) bond motifs is 1. The first-order valence-corrected chi connectivity index (χ1v) is 9.08. The molecule has 0 spiro atoms. The molecule has 4 rings (SSSR count). The first kappa shape index (κ1) is 16.7. The molecule has 3 atom stereocenters. The van der Waals surface area contributed by atoms with Gasteiger partial charge in [0.05, 0.1) is 5.56 Å². The van der Waals surface area contributed by atoms with Gasteiger partial charge in [0.15, 0.2) is 5.82 Å². The van der Waals surface area contributed by atoms with Crippen LogP contribution in [0.25, 0.3) is 11.4 Å². The molecular weight excluding hydrogens is 330 g/mol. The number of carboxylic acid groups (broad SMARTS) is 1. The van der Waals surface area contributed by atoms with Crippen LogP contribution in [0.2, 0.25) is 0 Å². The summed E-state index contributed by atoms with van der Waals surface area (Å²) in [6, 6.07) is 8.82. The molecule has 1 saturated carbocycles. The normalized spacial score (nSPS) is 24.9. The summed E-state index contributed by atoms with van der Waals surface area (Å²) >= 11 is 0. The van der Waals surface area contributed by atoms with Gasteiger partial charge in [-0.2, -0.15) is 0 Å². The number of amides is 1. The summed E-state index contributed by atoms with van der Waals surface area (Å²) in [5.74, 6) is -0.354. The number of carbonyl (C=O) groups is 2. The van der Waals surface area contributed by atoms with Crippen LogP contribution in [-0.4, -0.2) is 43.9 Å². The smallest absolute Gasteiger partial charge is 0.326 e. The maximum absolute atomic E-state index is 13.0. The van der Waals surface area contributed by atoms with Crippen LogP contribution in [0, 0.1) is 5.92 Å². The number of carboxylic acids is 1. The molecule has 1 aliphatic carbocycles. The molecule has 2 heterocycles. The highest BCUT2D eigenvalue weighted by molar-refractivity contribution is 5.97. The second kappa shape index (κ2) is 6.86. The zero-order valence-electron chi connectivity index (χ0n) is 14.4. The average molecular weight is 351 g/mol. The van der Waals surface area contributed by atoms with Crippen molar-refractivity contribution in [3.63, 3.8) is 0 Å². The Morgan fingerprint density at radius 2 is 1.73 bits per heavy atom. The van der Waals surface area contributed by atoms with Crippen LogP contribution in [-0.2, 0) is 4.79 Å². The minimum Gasteiger partial charge on any atom is -0.480 e. The molecule has 1 aliphatic heterocycles. The van der Waals surface area contributed by atoms with Gasteiger partial charge in [0.2, 0.25) is 0 Å². The highest BCUT2D eigenvalue weighted by atomic mass is 16.4. The van der Waals surface area contributed by atoms with Crippen LogP contribution >= 0.6 is 0 Å². The molecule has 134 valence electrons. The summed E-state index contributed by atoms with van der Waals surface area (Å²) in [4.78, 5) is 34.9.